The van der Waals surface area contributed by atoms with Crippen molar-refractivity contribution in [3.05, 3.63) is 17.5 Å². The third-order valence-electron chi connectivity index (χ3n) is 1.51. The number of rotatable bonds is 5. The second-order valence-corrected chi connectivity index (χ2v) is 3.93. The van der Waals surface area contributed by atoms with Gasteiger partial charge in [-0.25, -0.2) is 0 Å². The van der Waals surface area contributed by atoms with Gasteiger partial charge in [-0.3, -0.25) is 4.79 Å². The smallest absolute Gasteiger partial charge is 0.293 e. The summed E-state index contributed by atoms with van der Waals surface area (Å²) >= 11 is 3.36. The maximum atomic E-state index is 9.83. The molecule has 0 aliphatic carbocycles. The summed E-state index contributed by atoms with van der Waals surface area (Å²) < 4.78 is 9.55. The highest BCUT2D eigenvalue weighted by Gasteiger charge is 2.08. The molecule has 1 unspecified atom stereocenters. The summed E-state index contributed by atoms with van der Waals surface area (Å²) in [5.74, 6) is 0.779. The van der Waals surface area contributed by atoms with E-state index in [2.05, 4.69) is 25.8 Å². The zero-order valence-electron chi connectivity index (χ0n) is 7.20. The molecule has 4 nitrogen and oxygen atoms in total. The number of aromatic nitrogens is 1. The average molecular weight is 248 g/mol. The van der Waals surface area contributed by atoms with E-state index in [9.17, 15) is 4.79 Å². The van der Waals surface area contributed by atoms with Crippen molar-refractivity contribution in [2.75, 3.05) is 6.61 Å². The molecule has 0 aliphatic rings. The highest BCUT2D eigenvalue weighted by Crippen LogP contribution is 2.21. The van der Waals surface area contributed by atoms with Gasteiger partial charge >= 0.3 is 0 Å². The average Bonchev–Trinajstić information content (AvgIpc) is 2.53. The molecule has 0 N–H and O–H groups in total. The van der Waals surface area contributed by atoms with Gasteiger partial charge in [0.1, 0.15) is 5.76 Å². The van der Waals surface area contributed by atoms with Crippen LogP contribution < -0.4 is 0 Å². The van der Waals surface area contributed by atoms with Gasteiger partial charge in [0, 0.05) is 12.5 Å². The minimum Gasteiger partial charge on any atom is -0.467 e. The number of nitrogens with zero attached hydrogens (tertiary/aromatic N) is 1. The quantitative estimate of drug-likeness (QED) is 0.453. The van der Waals surface area contributed by atoms with Gasteiger partial charge in [0.2, 0.25) is 0 Å². The molecule has 1 atom stereocenters. The van der Waals surface area contributed by atoms with E-state index in [0.717, 1.165) is 11.5 Å². The Kier molecular flexibility index (Phi) is 3.95. The summed E-state index contributed by atoms with van der Waals surface area (Å²) in [5, 5.41) is 3.81. The van der Waals surface area contributed by atoms with Crippen molar-refractivity contribution in [3.8, 4) is 0 Å². The molecular formula is C8H10BrNO3. The molecule has 5 heteroatoms. The van der Waals surface area contributed by atoms with Crippen molar-refractivity contribution in [1.82, 2.24) is 5.16 Å². The van der Waals surface area contributed by atoms with Crippen LogP contribution >= 0.6 is 15.9 Å². The van der Waals surface area contributed by atoms with E-state index in [0.29, 0.717) is 19.5 Å². The Bertz CT molecular complexity index is 272. The molecule has 0 aromatic carbocycles. The Morgan fingerprint density at radius 3 is 3.15 bits per heavy atom. The van der Waals surface area contributed by atoms with Gasteiger partial charge in [-0.05, 0) is 6.92 Å². The Labute approximate surface area is 84.4 Å². The first kappa shape index (κ1) is 10.2. The van der Waals surface area contributed by atoms with Crippen LogP contribution in [0.2, 0.25) is 0 Å². The number of carbonyl (C=O) groups is 1. The van der Waals surface area contributed by atoms with Crippen LogP contribution in [0.25, 0.3) is 0 Å². The second-order valence-electron chi connectivity index (χ2n) is 2.55. The normalized spacial score (nSPS) is 12.5. The first-order chi connectivity index (χ1) is 6.24. The van der Waals surface area contributed by atoms with Crippen molar-refractivity contribution < 1.29 is 14.1 Å². The first-order valence-electron chi connectivity index (χ1n) is 3.89. The summed E-state index contributed by atoms with van der Waals surface area (Å²) in [6, 6.07) is 1.84. The van der Waals surface area contributed by atoms with E-state index < -0.39 is 0 Å². The van der Waals surface area contributed by atoms with Gasteiger partial charge in [-0.2, -0.15) is 0 Å². The zero-order valence-corrected chi connectivity index (χ0v) is 8.78. The molecule has 0 bridgehead atoms. The fraction of sp³-hybridized carbons (Fsp3) is 0.500. The monoisotopic (exact) mass is 247 g/mol. The van der Waals surface area contributed by atoms with Gasteiger partial charge in [0.05, 0.1) is 17.1 Å². The lowest BCUT2D eigenvalue weighted by Crippen LogP contribution is -1.96. The van der Waals surface area contributed by atoms with Crippen LogP contribution in [0.3, 0.4) is 0 Å². The summed E-state index contributed by atoms with van der Waals surface area (Å²) in [4.78, 5) is 9.99. The Morgan fingerprint density at radius 1 is 1.85 bits per heavy atom. The summed E-state index contributed by atoms with van der Waals surface area (Å²) in [6.45, 7) is 2.71. The van der Waals surface area contributed by atoms with Crippen molar-refractivity contribution in [2.24, 2.45) is 0 Å². The maximum Gasteiger partial charge on any atom is 0.293 e. The standard InChI is InChI=1S/C8H10BrNO3/c1-6(9)8-4-7(10-13-8)2-3-12-5-11/h4-6H,2-3H2,1H3. The molecule has 1 heterocycles. The van der Waals surface area contributed by atoms with Gasteiger partial charge in [0.25, 0.3) is 6.47 Å². The maximum absolute atomic E-state index is 9.83. The number of carbonyl (C=O) groups excluding carboxylic acids is 1. The molecule has 0 spiro atoms. The molecule has 0 fully saturated rings. The predicted molar refractivity (Wildman–Crippen MR) is 49.6 cm³/mol. The molecule has 0 saturated carbocycles. The fourth-order valence-corrected chi connectivity index (χ4v) is 1.06. The lowest BCUT2D eigenvalue weighted by molar-refractivity contribution is -0.128. The number of ether oxygens (including phenoxy) is 1. The lowest BCUT2D eigenvalue weighted by Gasteiger charge is -1.93. The van der Waals surface area contributed by atoms with E-state index in [1.807, 2.05) is 13.0 Å². The molecule has 0 radical (unpaired) electrons. The van der Waals surface area contributed by atoms with Crippen molar-refractivity contribution in [1.29, 1.82) is 0 Å². The highest BCUT2D eigenvalue weighted by molar-refractivity contribution is 9.09. The fourth-order valence-electron chi connectivity index (χ4n) is 0.845. The van der Waals surface area contributed by atoms with E-state index >= 15 is 0 Å². The van der Waals surface area contributed by atoms with E-state index in [-0.39, 0.29) is 4.83 Å². The van der Waals surface area contributed by atoms with E-state index in [1.54, 1.807) is 0 Å². The predicted octanol–water partition coefficient (Wildman–Crippen LogP) is 1.85. The Morgan fingerprint density at radius 2 is 2.62 bits per heavy atom. The van der Waals surface area contributed by atoms with Gasteiger partial charge in [-0.15, -0.1) is 0 Å². The molecule has 0 amide bonds. The van der Waals surface area contributed by atoms with Crippen molar-refractivity contribution in [2.45, 2.75) is 18.2 Å². The number of alkyl halides is 1. The molecular weight excluding hydrogens is 238 g/mol. The zero-order chi connectivity index (χ0) is 9.68. The molecule has 1 aromatic heterocycles. The van der Waals surface area contributed by atoms with Crippen LogP contribution in [-0.2, 0) is 16.0 Å². The molecule has 72 valence electrons. The second kappa shape index (κ2) is 5.01. The van der Waals surface area contributed by atoms with Crippen LogP contribution in [0.5, 0.6) is 0 Å². The minimum atomic E-state index is 0.153. The van der Waals surface area contributed by atoms with Gasteiger partial charge in [-0.1, -0.05) is 21.1 Å². The van der Waals surface area contributed by atoms with Gasteiger partial charge < -0.3 is 9.26 Å². The lowest BCUT2D eigenvalue weighted by atomic mass is 10.3. The molecule has 1 rings (SSSR count). The molecule has 1 aromatic rings. The van der Waals surface area contributed by atoms with Crippen LogP contribution in [0.1, 0.15) is 23.2 Å². The summed E-state index contributed by atoms with van der Waals surface area (Å²) in [6.07, 6.45) is 0.585. The third-order valence-corrected chi connectivity index (χ3v) is 1.96. The molecule has 13 heavy (non-hydrogen) atoms. The van der Waals surface area contributed by atoms with Crippen LogP contribution in [0.4, 0.5) is 0 Å². The Hall–Kier alpha value is -0.840. The topological polar surface area (TPSA) is 52.3 Å². The van der Waals surface area contributed by atoms with Crippen molar-refractivity contribution >= 4 is 22.4 Å². The number of hydrogen-bond donors (Lipinski definition) is 0. The highest BCUT2D eigenvalue weighted by atomic mass is 79.9. The third kappa shape index (κ3) is 3.18. The number of halogens is 1. The first-order valence-corrected chi connectivity index (χ1v) is 4.80. The minimum absolute atomic E-state index is 0.153. The van der Waals surface area contributed by atoms with Crippen molar-refractivity contribution in [3.63, 3.8) is 0 Å². The summed E-state index contributed by atoms with van der Waals surface area (Å²) in [7, 11) is 0. The van der Waals surface area contributed by atoms with Crippen LogP contribution in [0.15, 0.2) is 10.6 Å². The summed E-state index contributed by atoms with van der Waals surface area (Å²) in [5.41, 5.74) is 0.795. The molecule has 0 aliphatic heterocycles. The van der Waals surface area contributed by atoms with Gasteiger partial charge in [0.15, 0.2) is 0 Å². The number of hydrogen-bond acceptors (Lipinski definition) is 4. The molecule has 0 saturated heterocycles. The Balaban J connectivity index is 2.44. The van der Waals surface area contributed by atoms with Crippen LogP contribution in [0, 0.1) is 0 Å². The van der Waals surface area contributed by atoms with E-state index in [4.69, 9.17) is 4.52 Å². The largest absolute Gasteiger partial charge is 0.467 e. The van der Waals surface area contributed by atoms with E-state index in [1.165, 1.54) is 0 Å². The van der Waals surface area contributed by atoms with Crippen LogP contribution in [-0.4, -0.2) is 18.2 Å². The SMILES string of the molecule is CC(Br)c1cc(CCOC=O)no1.